The molecule has 1 amide bonds. The van der Waals surface area contributed by atoms with Crippen LogP contribution in [0.25, 0.3) is 21.2 Å². The zero-order valence-corrected chi connectivity index (χ0v) is 24.2. The number of aromatic nitrogens is 1. The number of hydrogen-bond acceptors (Lipinski definition) is 5. The van der Waals surface area contributed by atoms with E-state index in [2.05, 4.69) is 11.9 Å². The lowest BCUT2D eigenvalue weighted by molar-refractivity contribution is 0.0597. The number of hydrogen-bond donors (Lipinski definition) is 0. The summed E-state index contributed by atoms with van der Waals surface area (Å²) in [7, 11) is 1.60. The van der Waals surface area contributed by atoms with Crippen molar-refractivity contribution in [3.8, 4) is 22.8 Å². The van der Waals surface area contributed by atoms with Gasteiger partial charge in [0.25, 0.3) is 5.91 Å². The summed E-state index contributed by atoms with van der Waals surface area (Å²) in [5.74, 6) is 0.174. The molecule has 40 heavy (non-hydrogen) atoms. The summed E-state index contributed by atoms with van der Waals surface area (Å²) in [5, 5.41) is -0.0910. The molecule has 1 fully saturated rings. The van der Waals surface area contributed by atoms with Gasteiger partial charge in [-0.15, -0.1) is 11.3 Å². The van der Waals surface area contributed by atoms with Crippen LogP contribution in [0.4, 0.5) is 8.78 Å². The molecule has 5 nitrogen and oxygen atoms in total. The number of carbonyl (C=O) groups excluding carboxylic acids is 1. The Balaban J connectivity index is 1.55. The van der Waals surface area contributed by atoms with Crippen molar-refractivity contribution in [2.75, 3.05) is 13.7 Å². The Bertz CT molecular complexity index is 1530. The van der Waals surface area contributed by atoms with Gasteiger partial charge in [-0.2, -0.15) is 0 Å². The van der Waals surface area contributed by atoms with Crippen molar-refractivity contribution in [2.24, 2.45) is 5.92 Å². The third-order valence-electron chi connectivity index (χ3n) is 7.54. The van der Waals surface area contributed by atoms with Crippen LogP contribution in [-0.4, -0.2) is 35.5 Å². The molecule has 0 bridgehead atoms. The highest BCUT2D eigenvalue weighted by Gasteiger charge is 2.32. The number of amides is 1. The average Bonchev–Trinajstić information content (AvgIpc) is 3.32. The Labute approximate surface area is 241 Å². The monoisotopic (exact) mass is 584 g/mol. The first kappa shape index (κ1) is 28.3. The molecule has 0 aliphatic heterocycles. The predicted octanol–water partition coefficient (Wildman–Crippen LogP) is 8.52. The summed E-state index contributed by atoms with van der Waals surface area (Å²) in [6, 6.07) is 11.7. The van der Waals surface area contributed by atoms with Gasteiger partial charge in [0.2, 0.25) is 5.88 Å². The molecule has 2 aromatic heterocycles. The lowest BCUT2D eigenvalue weighted by atomic mass is 9.86. The van der Waals surface area contributed by atoms with Crippen LogP contribution in [-0.2, 0) is 6.54 Å². The number of halogens is 3. The lowest BCUT2D eigenvalue weighted by Gasteiger charge is -2.36. The topological polar surface area (TPSA) is 51.7 Å². The summed E-state index contributed by atoms with van der Waals surface area (Å²) in [4.78, 5) is 20.4. The van der Waals surface area contributed by atoms with E-state index in [1.54, 1.807) is 18.2 Å². The average molecular weight is 585 g/mol. The van der Waals surface area contributed by atoms with E-state index in [9.17, 15) is 13.6 Å². The molecule has 5 rings (SSSR count). The summed E-state index contributed by atoms with van der Waals surface area (Å²) < 4.78 is 40.5. The number of pyridine rings is 1. The van der Waals surface area contributed by atoms with Crippen molar-refractivity contribution in [2.45, 2.75) is 52.1 Å². The number of fused-ring (bicyclic) bond motifs is 1. The third-order valence-corrected chi connectivity index (χ3v) is 9.22. The van der Waals surface area contributed by atoms with Crippen molar-refractivity contribution < 1.29 is 23.0 Å². The minimum absolute atomic E-state index is 0.0430. The van der Waals surface area contributed by atoms with Crippen LogP contribution in [0.3, 0.4) is 0 Å². The van der Waals surface area contributed by atoms with Crippen LogP contribution in [0.1, 0.15) is 54.8 Å². The highest BCUT2D eigenvalue weighted by molar-refractivity contribution is 7.21. The van der Waals surface area contributed by atoms with Crippen molar-refractivity contribution in [1.82, 2.24) is 9.88 Å². The second kappa shape index (κ2) is 12.1. The number of carbonyl (C=O) groups is 1. The maximum atomic E-state index is 14.6. The lowest BCUT2D eigenvalue weighted by Crippen LogP contribution is -2.41. The van der Waals surface area contributed by atoms with Gasteiger partial charge in [0.05, 0.1) is 28.8 Å². The van der Waals surface area contributed by atoms with Crippen LogP contribution >= 0.6 is 22.9 Å². The van der Waals surface area contributed by atoms with E-state index in [0.29, 0.717) is 24.2 Å². The van der Waals surface area contributed by atoms with Gasteiger partial charge in [-0.3, -0.25) is 4.79 Å². The highest BCUT2D eigenvalue weighted by atomic mass is 35.5. The number of methoxy groups -OCH3 is 1. The molecule has 2 aromatic carbocycles. The molecule has 4 aromatic rings. The Hall–Kier alpha value is -3.23. The summed E-state index contributed by atoms with van der Waals surface area (Å²) in [5.41, 5.74) is 2.66. The van der Waals surface area contributed by atoms with Gasteiger partial charge in [0, 0.05) is 30.4 Å². The fraction of sp³-hybridized carbons (Fsp3) is 0.355. The minimum atomic E-state index is -0.645. The Kier molecular flexibility index (Phi) is 8.57. The maximum absolute atomic E-state index is 14.6. The summed E-state index contributed by atoms with van der Waals surface area (Å²) >= 11 is 7.46. The quantitative estimate of drug-likeness (QED) is 0.208. The smallest absolute Gasteiger partial charge is 0.266 e. The highest BCUT2D eigenvalue weighted by Crippen LogP contribution is 2.41. The molecule has 210 valence electrons. The first-order chi connectivity index (χ1) is 19.3. The Morgan fingerprint density at radius 1 is 1.07 bits per heavy atom. The van der Waals surface area contributed by atoms with E-state index >= 15 is 0 Å². The minimum Gasteiger partial charge on any atom is -0.496 e. The zero-order valence-electron chi connectivity index (χ0n) is 22.7. The number of thiophene rings is 1. The molecule has 1 saturated carbocycles. The van der Waals surface area contributed by atoms with E-state index in [0.717, 1.165) is 65.8 Å². The van der Waals surface area contributed by atoms with Crippen LogP contribution in [0, 0.1) is 17.6 Å². The first-order valence-corrected chi connectivity index (χ1v) is 14.6. The number of ether oxygens (including phenoxy) is 2. The third kappa shape index (κ3) is 5.65. The van der Waals surface area contributed by atoms with Crippen molar-refractivity contribution in [3.05, 3.63) is 75.8 Å². The molecule has 1 aliphatic rings. The Morgan fingerprint density at radius 3 is 2.50 bits per heavy atom. The predicted molar refractivity (Wildman–Crippen MR) is 155 cm³/mol. The molecule has 2 heterocycles. The van der Waals surface area contributed by atoms with Gasteiger partial charge in [0.1, 0.15) is 22.3 Å². The van der Waals surface area contributed by atoms with Crippen LogP contribution in [0.5, 0.6) is 11.6 Å². The van der Waals surface area contributed by atoms with Gasteiger partial charge in [-0.1, -0.05) is 24.6 Å². The summed E-state index contributed by atoms with van der Waals surface area (Å²) in [6.07, 6.45) is 5.36. The van der Waals surface area contributed by atoms with Gasteiger partial charge < -0.3 is 14.4 Å². The summed E-state index contributed by atoms with van der Waals surface area (Å²) in [6.45, 7) is 4.89. The molecule has 0 unspecified atom stereocenters. The molecule has 0 saturated heterocycles. The number of rotatable bonds is 8. The molecular formula is C31H31ClF2N2O3S. The van der Waals surface area contributed by atoms with Crippen molar-refractivity contribution in [3.63, 3.8) is 0 Å². The maximum Gasteiger partial charge on any atom is 0.266 e. The number of benzene rings is 2. The fourth-order valence-corrected chi connectivity index (χ4v) is 6.87. The van der Waals surface area contributed by atoms with Crippen LogP contribution in [0.2, 0.25) is 5.02 Å². The Morgan fingerprint density at radius 2 is 1.80 bits per heavy atom. The van der Waals surface area contributed by atoms with Gasteiger partial charge >= 0.3 is 0 Å². The molecule has 0 N–H and O–H groups in total. The zero-order chi connectivity index (χ0) is 28.4. The van der Waals surface area contributed by atoms with Gasteiger partial charge in [-0.25, -0.2) is 13.8 Å². The molecule has 0 spiro atoms. The van der Waals surface area contributed by atoms with E-state index < -0.39 is 11.6 Å². The first-order valence-electron chi connectivity index (χ1n) is 13.4. The number of nitrogens with zero attached hydrogens (tertiary/aromatic N) is 2. The molecule has 0 atom stereocenters. The van der Waals surface area contributed by atoms with E-state index in [4.69, 9.17) is 21.1 Å². The molecule has 9 heteroatoms. The standard InChI is InChI=1S/C31H31ClF2N2O3S/c1-4-39-26-16-20(13-14-35-26)19-7-12-25(38-3)21(15-19)17-36(22-8-5-18(2)6-9-22)31(37)30-28(32)27-23(33)10-11-24(34)29(27)40-30/h7,10-16,18,22H,4-6,8-9,17H2,1-3H3. The van der Waals surface area contributed by atoms with E-state index in [1.807, 2.05) is 37.3 Å². The normalized spacial score (nSPS) is 17.1. The molecule has 0 radical (unpaired) electrons. The second-order valence-corrected chi connectivity index (χ2v) is 11.6. The SMILES string of the molecule is CCOc1cc(-c2ccc(OC)c(CN(C(=O)c3sc4c(F)ccc(F)c4c3Cl)C3CCC(C)CC3)c2)ccn1. The largest absolute Gasteiger partial charge is 0.496 e. The molecule has 1 aliphatic carbocycles. The fourth-order valence-electron chi connectivity index (χ4n) is 5.37. The van der Waals surface area contributed by atoms with Crippen LogP contribution < -0.4 is 9.47 Å². The van der Waals surface area contributed by atoms with Gasteiger partial charge in [-0.05, 0) is 80.0 Å². The van der Waals surface area contributed by atoms with E-state index in [1.165, 1.54) is 0 Å². The van der Waals surface area contributed by atoms with Crippen LogP contribution in [0.15, 0.2) is 48.7 Å². The second-order valence-electron chi connectivity index (χ2n) is 10.2. The van der Waals surface area contributed by atoms with Crippen molar-refractivity contribution in [1.29, 1.82) is 0 Å². The molecular weight excluding hydrogens is 554 g/mol. The van der Waals surface area contributed by atoms with Crippen molar-refractivity contribution >= 4 is 38.9 Å². The van der Waals surface area contributed by atoms with E-state index in [-0.39, 0.29) is 38.5 Å². The van der Waals surface area contributed by atoms with Gasteiger partial charge in [0.15, 0.2) is 0 Å².